The smallest absolute Gasteiger partial charge is 0.410 e. The van der Waals surface area contributed by atoms with E-state index in [0.29, 0.717) is 44.7 Å². The summed E-state index contributed by atoms with van der Waals surface area (Å²) in [6, 6.07) is 3.62. The third-order valence-corrected chi connectivity index (χ3v) is 4.73. The summed E-state index contributed by atoms with van der Waals surface area (Å²) in [4.78, 5) is 32.4. The predicted octanol–water partition coefficient (Wildman–Crippen LogP) is 1.39. The van der Waals surface area contributed by atoms with Gasteiger partial charge in [-0.25, -0.2) is 9.78 Å². The second-order valence-corrected chi connectivity index (χ2v) is 8.15. The van der Waals surface area contributed by atoms with Crippen LogP contribution in [-0.4, -0.2) is 70.9 Å². The van der Waals surface area contributed by atoms with Crippen molar-refractivity contribution in [3.8, 4) is 0 Å². The fourth-order valence-electron chi connectivity index (χ4n) is 3.15. The van der Waals surface area contributed by atoms with E-state index < -0.39 is 5.60 Å². The number of aliphatic hydroxyl groups is 1. The zero-order valence-corrected chi connectivity index (χ0v) is 16.1. The molecule has 2 aliphatic rings. The number of piperazine rings is 1. The first kappa shape index (κ1) is 19.4. The molecule has 1 saturated carbocycles. The highest BCUT2D eigenvalue weighted by Gasteiger charge is 2.29. The number of aliphatic hydroxyl groups excluding tert-OH is 1. The van der Waals surface area contributed by atoms with Crippen LogP contribution in [0.1, 0.15) is 44.1 Å². The van der Waals surface area contributed by atoms with Crippen LogP contribution in [0.2, 0.25) is 0 Å². The van der Waals surface area contributed by atoms with Crippen LogP contribution in [0.15, 0.2) is 18.3 Å². The Hall–Kier alpha value is -2.35. The molecule has 1 saturated heterocycles. The molecule has 0 aromatic carbocycles. The van der Waals surface area contributed by atoms with Crippen molar-refractivity contribution in [2.24, 2.45) is 0 Å². The topological polar surface area (TPSA) is 95.0 Å². The number of nitrogens with one attached hydrogen (secondary N) is 1. The molecule has 1 aliphatic carbocycles. The summed E-state index contributed by atoms with van der Waals surface area (Å²) in [7, 11) is 0. The Morgan fingerprint density at radius 1 is 1.19 bits per heavy atom. The van der Waals surface area contributed by atoms with Crippen LogP contribution in [0.4, 0.5) is 10.5 Å². The second kappa shape index (κ2) is 7.72. The molecule has 1 aromatic heterocycles. The molecule has 0 atom stereocenters. The van der Waals surface area contributed by atoms with Gasteiger partial charge in [0.05, 0.1) is 18.0 Å². The van der Waals surface area contributed by atoms with Gasteiger partial charge in [0.25, 0.3) is 5.91 Å². The number of pyridine rings is 1. The number of rotatable bonds is 3. The predicted molar refractivity (Wildman–Crippen MR) is 101 cm³/mol. The summed E-state index contributed by atoms with van der Waals surface area (Å²) in [5.74, 6) is -0.215. The third kappa shape index (κ3) is 5.09. The van der Waals surface area contributed by atoms with E-state index >= 15 is 0 Å². The molecule has 0 unspecified atom stereocenters. The summed E-state index contributed by atoms with van der Waals surface area (Å²) in [6.45, 7) is 8.12. The maximum absolute atomic E-state index is 12.1. The van der Waals surface area contributed by atoms with Crippen molar-refractivity contribution >= 4 is 17.7 Å². The van der Waals surface area contributed by atoms with Crippen LogP contribution in [0, 0.1) is 0 Å². The van der Waals surface area contributed by atoms with E-state index in [1.54, 1.807) is 17.2 Å². The maximum atomic E-state index is 12.1. The normalized spacial score (nSPS) is 22.8. The highest BCUT2D eigenvalue weighted by molar-refractivity contribution is 5.92. The third-order valence-electron chi connectivity index (χ3n) is 4.73. The lowest BCUT2D eigenvalue weighted by Crippen LogP contribution is -2.50. The molecule has 0 spiro atoms. The van der Waals surface area contributed by atoms with Crippen molar-refractivity contribution in [1.82, 2.24) is 15.2 Å². The van der Waals surface area contributed by atoms with Gasteiger partial charge in [0.2, 0.25) is 0 Å². The maximum Gasteiger partial charge on any atom is 0.410 e. The van der Waals surface area contributed by atoms with Crippen LogP contribution >= 0.6 is 0 Å². The van der Waals surface area contributed by atoms with Gasteiger partial charge in [-0.1, -0.05) is 0 Å². The number of amides is 2. The number of carbonyl (C=O) groups excluding carboxylic acids is 2. The minimum Gasteiger partial charge on any atom is -0.444 e. The largest absolute Gasteiger partial charge is 0.444 e. The average molecular weight is 376 g/mol. The molecule has 8 heteroatoms. The lowest BCUT2D eigenvalue weighted by molar-refractivity contribution is 0.0240. The van der Waals surface area contributed by atoms with E-state index in [1.807, 2.05) is 26.8 Å². The van der Waals surface area contributed by atoms with E-state index in [4.69, 9.17) is 4.74 Å². The number of anilines is 1. The van der Waals surface area contributed by atoms with Gasteiger partial charge in [-0.05, 0) is 45.7 Å². The Morgan fingerprint density at radius 2 is 1.85 bits per heavy atom. The Bertz CT molecular complexity index is 672. The Morgan fingerprint density at radius 3 is 2.37 bits per heavy atom. The minimum atomic E-state index is -0.494. The van der Waals surface area contributed by atoms with Crippen molar-refractivity contribution in [3.05, 3.63) is 24.0 Å². The van der Waals surface area contributed by atoms with Crippen LogP contribution in [0.25, 0.3) is 0 Å². The summed E-state index contributed by atoms with van der Waals surface area (Å²) < 4.78 is 5.41. The number of hydrogen-bond acceptors (Lipinski definition) is 6. The molecule has 2 amide bonds. The Kier molecular flexibility index (Phi) is 5.55. The van der Waals surface area contributed by atoms with Gasteiger partial charge in [0.1, 0.15) is 11.3 Å². The monoisotopic (exact) mass is 376 g/mol. The van der Waals surface area contributed by atoms with Gasteiger partial charge in [0, 0.05) is 32.2 Å². The molecular formula is C19H28N4O4. The quantitative estimate of drug-likeness (QED) is 0.828. The molecule has 148 valence electrons. The molecule has 1 aromatic rings. The molecule has 2 N–H and O–H groups in total. The fraction of sp³-hybridized carbons (Fsp3) is 0.632. The van der Waals surface area contributed by atoms with Crippen LogP contribution in [0.5, 0.6) is 0 Å². The summed E-state index contributed by atoms with van der Waals surface area (Å²) in [5.41, 5.74) is 0.800. The van der Waals surface area contributed by atoms with Gasteiger partial charge in [-0.3, -0.25) is 4.79 Å². The fourth-order valence-corrected chi connectivity index (χ4v) is 3.15. The molecule has 0 bridgehead atoms. The number of hydrogen-bond donors (Lipinski definition) is 2. The number of nitrogens with zero attached hydrogens (tertiary/aromatic N) is 3. The summed E-state index contributed by atoms with van der Waals surface area (Å²) in [6.07, 6.45) is 2.31. The Balaban J connectivity index is 1.50. The van der Waals surface area contributed by atoms with Gasteiger partial charge >= 0.3 is 6.09 Å². The second-order valence-electron chi connectivity index (χ2n) is 8.15. The van der Waals surface area contributed by atoms with E-state index in [0.717, 1.165) is 5.69 Å². The van der Waals surface area contributed by atoms with Gasteiger partial charge in [-0.15, -0.1) is 0 Å². The highest BCUT2D eigenvalue weighted by Crippen LogP contribution is 2.20. The standard InChI is InChI=1S/C19H28N4O4/c1-19(2,3)27-18(26)23-8-6-22(7-9-23)14-4-5-16(20-12-14)17(25)21-13-10-15(24)11-13/h4-5,12-13,15,24H,6-11H2,1-3H3,(H,21,25)/t13-,15+. The molecule has 2 fully saturated rings. The number of aromatic nitrogens is 1. The molecule has 1 aliphatic heterocycles. The van der Waals surface area contributed by atoms with E-state index in [1.165, 1.54) is 0 Å². The van der Waals surface area contributed by atoms with Crippen molar-refractivity contribution in [3.63, 3.8) is 0 Å². The van der Waals surface area contributed by atoms with Crippen molar-refractivity contribution in [1.29, 1.82) is 0 Å². The van der Waals surface area contributed by atoms with Crippen LogP contribution in [-0.2, 0) is 4.74 Å². The number of ether oxygens (including phenoxy) is 1. The SMILES string of the molecule is CC(C)(C)OC(=O)N1CCN(c2ccc(C(=O)N[C@H]3C[C@@H](O)C3)nc2)CC1. The molecule has 27 heavy (non-hydrogen) atoms. The van der Waals surface area contributed by atoms with Crippen LogP contribution in [0.3, 0.4) is 0 Å². The zero-order valence-electron chi connectivity index (χ0n) is 16.1. The first-order chi connectivity index (χ1) is 12.7. The number of carbonyl (C=O) groups is 2. The lowest BCUT2D eigenvalue weighted by Gasteiger charge is -2.36. The average Bonchev–Trinajstić information content (AvgIpc) is 2.59. The molecular weight excluding hydrogens is 348 g/mol. The molecule has 0 radical (unpaired) electrons. The molecule has 8 nitrogen and oxygen atoms in total. The van der Waals surface area contributed by atoms with E-state index in [-0.39, 0.29) is 24.1 Å². The van der Waals surface area contributed by atoms with Crippen LogP contribution < -0.4 is 10.2 Å². The van der Waals surface area contributed by atoms with Gasteiger partial charge in [0.15, 0.2) is 0 Å². The highest BCUT2D eigenvalue weighted by atomic mass is 16.6. The minimum absolute atomic E-state index is 0.0370. The van der Waals surface area contributed by atoms with Gasteiger partial charge in [-0.2, -0.15) is 0 Å². The lowest BCUT2D eigenvalue weighted by atomic mass is 9.89. The molecule has 3 rings (SSSR count). The van der Waals surface area contributed by atoms with E-state index in [9.17, 15) is 14.7 Å². The van der Waals surface area contributed by atoms with E-state index in [2.05, 4.69) is 15.2 Å². The molecule has 2 heterocycles. The zero-order chi connectivity index (χ0) is 19.6. The summed E-state index contributed by atoms with van der Waals surface area (Å²) >= 11 is 0. The summed E-state index contributed by atoms with van der Waals surface area (Å²) in [5, 5.41) is 12.2. The van der Waals surface area contributed by atoms with Crippen molar-refractivity contribution < 1.29 is 19.4 Å². The Labute approximate surface area is 159 Å². The first-order valence-corrected chi connectivity index (χ1v) is 9.39. The van der Waals surface area contributed by atoms with Crippen molar-refractivity contribution in [2.45, 2.75) is 51.4 Å². The van der Waals surface area contributed by atoms with Gasteiger partial charge < -0.3 is 25.0 Å². The first-order valence-electron chi connectivity index (χ1n) is 9.39. The van der Waals surface area contributed by atoms with Crippen molar-refractivity contribution in [2.75, 3.05) is 31.1 Å².